The molecule has 0 aliphatic heterocycles. The van der Waals surface area contributed by atoms with Gasteiger partial charge in [0.2, 0.25) is 0 Å². The molecule has 0 aromatic carbocycles. The second kappa shape index (κ2) is 2.87. The highest BCUT2D eigenvalue weighted by atomic mass is 15.0. The van der Waals surface area contributed by atoms with Crippen LogP contribution >= 0.6 is 0 Å². The van der Waals surface area contributed by atoms with E-state index in [9.17, 15) is 0 Å². The molecule has 62 valence electrons. The van der Waals surface area contributed by atoms with E-state index in [1.54, 1.807) is 0 Å². The number of hydrogen-bond donors (Lipinski definition) is 1. The lowest BCUT2D eigenvalue weighted by atomic mass is 10.1. The Kier molecular flexibility index (Phi) is 2.25. The molecule has 1 aliphatic carbocycles. The van der Waals surface area contributed by atoms with Crippen LogP contribution < -0.4 is 5.32 Å². The van der Waals surface area contributed by atoms with Gasteiger partial charge in [0.25, 0.3) is 0 Å². The number of hydrogen-bond acceptors (Lipinski definition) is 1. The standard InChI is InChI=1S/C10H17N/c1-5-8(6-2)11-9-7-10(9,3)4/h1,8-9,11H,6-7H2,2-4H3. The van der Waals surface area contributed by atoms with Crippen LogP contribution in [-0.2, 0) is 0 Å². The lowest BCUT2D eigenvalue weighted by Crippen LogP contribution is -2.31. The highest BCUT2D eigenvalue weighted by Gasteiger charge is 2.45. The summed E-state index contributed by atoms with van der Waals surface area (Å²) in [6.07, 6.45) is 7.64. The molecular formula is C10H17N. The summed E-state index contributed by atoms with van der Waals surface area (Å²) < 4.78 is 0. The first kappa shape index (κ1) is 8.62. The van der Waals surface area contributed by atoms with Crippen LogP contribution in [0.15, 0.2) is 0 Å². The Labute approximate surface area is 69.6 Å². The first-order valence-electron chi connectivity index (χ1n) is 4.32. The van der Waals surface area contributed by atoms with Gasteiger partial charge in [-0.15, -0.1) is 6.42 Å². The molecule has 1 saturated carbocycles. The third kappa shape index (κ3) is 1.97. The molecule has 0 aromatic rings. The largest absolute Gasteiger partial charge is 0.300 e. The van der Waals surface area contributed by atoms with Gasteiger partial charge < -0.3 is 5.32 Å². The normalized spacial score (nSPS) is 29.1. The van der Waals surface area contributed by atoms with Crippen LogP contribution in [0, 0.1) is 17.8 Å². The van der Waals surface area contributed by atoms with E-state index in [-0.39, 0.29) is 6.04 Å². The maximum absolute atomic E-state index is 5.34. The van der Waals surface area contributed by atoms with E-state index in [4.69, 9.17) is 6.42 Å². The molecular weight excluding hydrogens is 134 g/mol. The average molecular weight is 151 g/mol. The van der Waals surface area contributed by atoms with E-state index in [0.717, 1.165) is 6.42 Å². The first-order valence-corrected chi connectivity index (χ1v) is 4.32. The third-order valence-corrected chi connectivity index (χ3v) is 2.53. The Hall–Kier alpha value is -0.480. The molecule has 0 bridgehead atoms. The Balaban J connectivity index is 2.28. The summed E-state index contributed by atoms with van der Waals surface area (Å²) in [5.41, 5.74) is 0.490. The van der Waals surface area contributed by atoms with Gasteiger partial charge in [0.05, 0.1) is 6.04 Å². The maximum atomic E-state index is 5.34. The molecule has 1 heteroatoms. The molecule has 1 nitrogen and oxygen atoms in total. The van der Waals surface area contributed by atoms with Crippen molar-refractivity contribution in [2.75, 3.05) is 0 Å². The molecule has 0 radical (unpaired) electrons. The molecule has 1 rings (SSSR count). The third-order valence-electron chi connectivity index (χ3n) is 2.53. The summed E-state index contributed by atoms with van der Waals surface area (Å²) in [7, 11) is 0. The van der Waals surface area contributed by atoms with Gasteiger partial charge >= 0.3 is 0 Å². The zero-order chi connectivity index (χ0) is 8.48. The van der Waals surface area contributed by atoms with Gasteiger partial charge in [0, 0.05) is 6.04 Å². The molecule has 1 aliphatic rings. The van der Waals surface area contributed by atoms with E-state index in [1.807, 2.05) is 0 Å². The van der Waals surface area contributed by atoms with E-state index >= 15 is 0 Å². The summed E-state index contributed by atoms with van der Waals surface area (Å²) in [5, 5.41) is 3.44. The van der Waals surface area contributed by atoms with E-state index in [2.05, 4.69) is 32.0 Å². The van der Waals surface area contributed by atoms with Gasteiger partial charge in [0.1, 0.15) is 0 Å². The summed E-state index contributed by atoms with van der Waals surface area (Å²) in [6, 6.07) is 0.935. The summed E-state index contributed by atoms with van der Waals surface area (Å²) in [6.45, 7) is 6.66. The lowest BCUT2D eigenvalue weighted by Gasteiger charge is -2.11. The van der Waals surface area contributed by atoms with Crippen molar-refractivity contribution in [2.24, 2.45) is 5.41 Å². The Bertz CT molecular complexity index is 176. The first-order chi connectivity index (χ1) is 5.10. The van der Waals surface area contributed by atoms with E-state index < -0.39 is 0 Å². The Morgan fingerprint density at radius 1 is 1.73 bits per heavy atom. The van der Waals surface area contributed by atoms with Crippen molar-refractivity contribution >= 4 is 0 Å². The fraction of sp³-hybridized carbons (Fsp3) is 0.800. The van der Waals surface area contributed by atoms with Gasteiger partial charge in [-0.25, -0.2) is 0 Å². The topological polar surface area (TPSA) is 12.0 Å². The van der Waals surface area contributed by atoms with Crippen LogP contribution in [0.3, 0.4) is 0 Å². The summed E-state index contributed by atoms with van der Waals surface area (Å²) >= 11 is 0. The smallest absolute Gasteiger partial charge is 0.0686 e. The fourth-order valence-corrected chi connectivity index (χ4v) is 1.28. The fourth-order valence-electron chi connectivity index (χ4n) is 1.28. The van der Waals surface area contributed by atoms with Crippen molar-refractivity contribution in [3.63, 3.8) is 0 Å². The van der Waals surface area contributed by atoms with Crippen molar-refractivity contribution in [1.82, 2.24) is 5.32 Å². The van der Waals surface area contributed by atoms with Crippen LogP contribution in [-0.4, -0.2) is 12.1 Å². The number of terminal acetylenes is 1. The quantitative estimate of drug-likeness (QED) is 0.606. The van der Waals surface area contributed by atoms with Gasteiger partial charge in [-0.05, 0) is 18.3 Å². The molecule has 1 N–H and O–H groups in total. The minimum absolute atomic E-state index is 0.279. The van der Waals surface area contributed by atoms with Crippen molar-refractivity contribution in [3.8, 4) is 12.3 Å². The Morgan fingerprint density at radius 2 is 2.27 bits per heavy atom. The second-order valence-electron chi connectivity index (χ2n) is 4.04. The molecule has 0 saturated heterocycles. The molecule has 2 atom stereocenters. The van der Waals surface area contributed by atoms with Crippen LogP contribution in [0.2, 0.25) is 0 Å². The zero-order valence-corrected chi connectivity index (χ0v) is 7.65. The highest BCUT2D eigenvalue weighted by Crippen LogP contribution is 2.44. The SMILES string of the molecule is C#CC(CC)NC1CC1(C)C. The molecule has 0 heterocycles. The Morgan fingerprint density at radius 3 is 2.55 bits per heavy atom. The molecule has 1 fully saturated rings. The van der Waals surface area contributed by atoms with Crippen molar-refractivity contribution in [2.45, 2.75) is 45.7 Å². The molecule has 0 spiro atoms. The molecule has 0 amide bonds. The number of rotatable bonds is 3. The van der Waals surface area contributed by atoms with Crippen molar-refractivity contribution < 1.29 is 0 Å². The molecule has 2 unspecified atom stereocenters. The monoisotopic (exact) mass is 151 g/mol. The predicted octanol–water partition coefficient (Wildman–Crippen LogP) is 1.79. The van der Waals surface area contributed by atoms with Crippen LogP contribution in [0.5, 0.6) is 0 Å². The van der Waals surface area contributed by atoms with E-state index in [0.29, 0.717) is 11.5 Å². The predicted molar refractivity (Wildman–Crippen MR) is 48.2 cm³/mol. The van der Waals surface area contributed by atoms with Crippen LogP contribution in [0.4, 0.5) is 0 Å². The summed E-state index contributed by atoms with van der Waals surface area (Å²) in [5.74, 6) is 2.75. The van der Waals surface area contributed by atoms with E-state index in [1.165, 1.54) is 6.42 Å². The van der Waals surface area contributed by atoms with Gasteiger partial charge in [-0.3, -0.25) is 0 Å². The highest BCUT2D eigenvalue weighted by molar-refractivity contribution is 5.07. The van der Waals surface area contributed by atoms with Gasteiger partial charge in [0.15, 0.2) is 0 Å². The summed E-state index contributed by atoms with van der Waals surface area (Å²) in [4.78, 5) is 0. The lowest BCUT2D eigenvalue weighted by molar-refractivity contribution is 0.505. The van der Waals surface area contributed by atoms with Crippen LogP contribution in [0.25, 0.3) is 0 Å². The second-order valence-corrected chi connectivity index (χ2v) is 4.04. The van der Waals surface area contributed by atoms with Crippen molar-refractivity contribution in [1.29, 1.82) is 0 Å². The van der Waals surface area contributed by atoms with Crippen LogP contribution in [0.1, 0.15) is 33.6 Å². The minimum Gasteiger partial charge on any atom is -0.300 e. The minimum atomic E-state index is 0.279. The maximum Gasteiger partial charge on any atom is 0.0686 e. The van der Waals surface area contributed by atoms with Gasteiger partial charge in [-0.1, -0.05) is 26.7 Å². The molecule has 11 heavy (non-hydrogen) atoms. The average Bonchev–Trinajstić information content (AvgIpc) is 2.54. The molecule has 0 aromatic heterocycles. The number of nitrogens with one attached hydrogen (secondary N) is 1. The van der Waals surface area contributed by atoms with Crippen molar-refractivity contribution in [3.05, 3.63) is 0 Å². The zero-order valence-electron chi connectivity index (χ0n) is 7.65. The van der Waals surface area contributed by atoms with Gasteiger partial charge in [-0.2, -0.15) is 0 Å².